The van der Waals surface area contributed by atoms with E-state index >= 15 is 0 Å². The SMILES string of the molecule is CC(C)(C)C1CCN(c2ccc(/C=C/C(=O)O)c(Br)c2)C1. The lowest BCUT2D eigenvalue weighted by molar-refractivity contribution is -0.131. The highest BCUT2D eigenvalue weighted by atomic mass is 79.9. The number of carbonyl (C=O) groups is 1. The van der Waals surface area contributed by atoms with Gasteiger partial charge in [-0.15, -0.1) is 0 Å². The predicted molar refractivity (Wildman–Crippen MR) is 90.6 cm³/mol. The molecule has 1 unspecified atom stereocenters. The molecule has 0 amide bonds. The van der Waals surface area contributed by atoms with Gasteiger partial charge in [-0.2, -0.15) is 0 Å². The van der Waals surface area contributed by atoms with E-state index in [0.29, 0.717) is 11.3 Å². The first-order valence-corrected chi connectivity index (χ1v) is 8.02. The zero-order valence-corrected chi connectivity index (χ0v) is 14.4. The quantitative estimate of drug-likeness (QED) is 0.819. The molecule has 3 nitrogen and oxygen atoms in total. The van der Waals surface area contributed by atoms with Crippen molar-refractivity contribution in [2.45, 2.75) is 27.2 Å². The minimum Gasteiger partial charge on any atom is -0.478 e. The number of hydrogen-bond acceptors (Lipinski definition) is 2. The average molecular weight is 352 g/mol. The molecule has 0 aliphatic carbocycles. The van der Waals surface area contributed by atoms with Crippen LogP contribution in [0.15, 0.2) is 28.7 Å². The molecular weight excluding hydrogens is 330 g/mol. The molecule has 0 radical (unpaired) electrons. The van der Waals surface area contributed by atoms with Crippen LogP contribution in [0.1, 0.15) is 32.8 Å². The summed E-state index contributed by atoms with van der Waals surface area (Å²) in [6.07, 6.45) is 3.99. The van der Waals surface area contributed by atoms with Crippen LogP contribution in [0.3, 0.4) is 0 Å². The minimum absolute atomic E-state index is 0.343. The van der Waals surface area contributed by atoms with Gasteiger partial charge in [0, 0.05) is 29.3 Å². The van der Waals surface area contributed by atoms with Gasteiger partial charge in [0.1, 0.15) is 0 Å². The van der Waals surface area contributed by atoms with Crippen LogP contribution in [0, 0.1) is 11.3 Å². The van der Waals surface area contributed by atoms with Gasteiger partial charge in [-0.25, -0.2) is 4.79 Å². The Morgan fingerprint density at radius 1 is 1.43 bits per heavy atom. The van der Waals surface area contributed by atoms with Crippen molar-refractivity contribution in [2.24, 2.45) is 11.3 Å². The molecule has 1 fully saturated rings. The Kier molecular flexibility index (Phi) is 4.77. The van der Waals surface area contributed by atoms with Crippen LogP contribution < -0.4 is 4.90 Å². The van der Waals surface area contributed by atoms with Crippen LogP contribution in [0.2, 0.25) is 0 Å². The van der Waals surface area contributed by atoms with Gasteiger partial charge in [0.05, 0.1) is 0 Å². The van der Waals surface area contributed by atoms with Crippen LogP contribution in [0.5, 0.6) is 0 Å². The summed E-state index contributed by atoms with van der Waals surface area (Å²) >= 11 is 3.53. The normalized spacial score (nSPS) is 19.4. The Hall–Kier alpha value is -1.29. The van der Waals surface area contributed by atoms with Gasteiger partial charge in [-0.3, -0.25) is 0 Å². The highest BCUT2D eigenvalue weighted by molar-refractivity contribution is 9.10. The number of carboxylic acid groups (broad SMARTS) is 1. The Bertz CT molecular complexity index is 560. The van der Waals surface area contributed by atoms with E-state index < -0.39 is 5.97 Å². The van der Waals surface area contributed by atoms with E-state index in [1.807, 2.05) is 6.07 Å². The number of aliphatic carboxylic acids is 1. The van der Waals surface area contributed by atoms with Gasteiger partial charge in [0.25, 0.3) is 0 Å². The van der Waals surface area contributed by atoms with Crippen LogP contribution >= 0.6 is 15.9 Å². The molecule has 1 aromatic rings. The van der Waals surface area contributed by atoms with Gasteiger partial charge in [-0.1, -0.05) is 42.8 Å². The topological polar surface area (TPSA) is 40.5 Å². The van der Waals surface area contributed by atoms with Gasteiger partial charge in [0.15, 0.2) is 0 Å². The summed E-state index contributed by atoms with van der Waals surface area (Å²) in [6.45, 7) is 9.07. The Balaban J connectivity index is 2.13. The molecule has 114 valence electrons. The smallest absolute Gasteiger partial charge is 0.328 e. The third kappa shape index (κ3) is 4.10. The molecule has 0 saturated carbocycles. The van der Waals surface area contributed by atoms with E-state index in [-0.39, 0.29) is 0 Å². The maximum atomic E-state index is 10.6. The number of halogens is 1. The molecule has 0 spiro atoms. The fourth-order valence-corrected chi connectivity index (χ4v) is 3.21. The highest BCUT2D eigenvalue weighted by Gasteiger charge is 2.31. The van der Waals surface area contributed by atoms with Gasteiger partial charge in [-0.05, 0) is 41.5 Å². The first kappa shape index (κ1) is 16.1. The number of hydrogen-bond donors (Lipinski definition) is 1. The molecule has 1 N–H and O–H groups in total. The molecule has 1 aliphatic rings. The third-order valence-corrected chi connectivity index (χ3v) is 4.85. The molecule has 2 rings (SSSR count). The van der Waals surface area contributed by atoms with Gasteiger partial charge >= 0.3 is 5.97 Å². The van der Waals surface area contributed by atoms with Crippen molar-refractivity contribution >= 4 is 33.7 Å². The molecule has 1 saturated heterocycles. The second-order valence-electron chi connectivity index (χ2n) is 6.68. The van der Waals surface area contributed by atoms with E-state index in [0.717, 1.165) is 29.2 Å². The molecule has 21 heavy (non-hydrogen) atoms. The van der Waals surface area contributed by atoms with E-state index in [4.69, 9.17) is 5.11 Å². The predicted octanol–water partition coefficient (Wildman–Crippen LogP) is 4.42. The number of benzene rings is 1. The third-order valence-electron chi connectivity index (χ3n) is 4.17. The minimum atomic E-state index is -0.932. The zero-order valence-electron chi connectivity index (χ0n) is 12.8. The lowest BCUT2D eigenvalue weighted by Gasteiger charge is -2.27. The lowest BCUT2D eigenvalue weighted by Crippen LogP contribution is -2.25. The molecule has 0 bridgehead atoms. The fraction of sp³-hybridized carbons (Fsp3) is 0.471. The van der Waals surface area contributed by atoms with Crippen molar-refractivity contribution < 1.29 is 9.90 Å². The zero-order chi connectivity index (χ0) is 15.6. The van der Waals surface area contributed by atoms with Crippen molar-refractivity contribution in [3.63, 3.8) is 0 Å². The van der Waals surface area contributed by atoms with Crippen molar-refractivity contribution in [1.82, 2.24) is 0 Å². The van der Waals surface area contributed by atoms with Crippen molar-refractivity contribution in [1.29, 1.82) is 0 Å². The summed E-state index contributed by atoms with van der Waals surface area (Å²) in [7, 11) is 0. The number of rotatable bonds is 3. The summed E-state index contributed by atoms with van der Waals surface area (Å²) in [4.78, 5) is 13.0. The number of carboxylic acids is 1. The number of anilines is 1. The van der Waals surface area contributed by atoms with Gasteiger partial charge in [0.2, 0.25) is 0 Å². The largest absolute Gasteiger partial charge is 0.478 e. The molecule has 0 aromatic heterocycles. The average Bonchev–Trinajstić information content (AvgIpc) is 2.86. The maximum absolute atomic E-state index is 10.6. The second kappa shape index (κ2) is 6.22. The lowest BCUT2D eigenvalue weighted by atomic mass is 9.80. The van der Waals surface area contributed by atoms with E-state index in [1.165, 1.54) is 12.1 Å². The van der Waals surface area contributed by atoms with E-state index in [1.54, 1.807) is 6.08 Å². The first-order valence-electron chi connectivity index (χ1n) is 7.23. The Labute approximate surface area is 134 Å². The second-order valence-corrected chi connectivity index (χ2v) is 7.53. The Morgan fingerprint density at radius 3 is 2.67 bits per heavy atom. The van der Waals surface area contributed by atoms with E-state index in [9.17, 15) is 4.79 Å². The monoisotopic (exact) mass is 351 g/mol. The highest BCUT2D eigenvalue weighted by Crippen LogP contribution is 2.36. The van der Waals surface area contributed by atoms with Crippen LogP contribution in [0.25, 0.3) is 6.08 Å². The van der Waals surface area contributed by atoms with Crippen molar-refractivity contribution in [3.05, 3.63) is 34.3 Å². The molecule has 1 aromatic carbocycles. The Morgan fingerprint density at radius 2 is 2.14 bits per heavy atom. The van der Waals surface area contributed by atoms with E-state index in [2.05, 4.69) is 53.7 Å². The summed E-state index contributed by atoms with van der Waals surface area (Å²) in [5.41, 5.74) is 2.42. The van der Waals surface area contributed by atoms with Crippen molar-refractivity contribution in [3.8, 4) is 0 Å². The summed E-state index contributed by atoms with van der Waals surface area (Å²) in [6, 6.07) is 6.10. The maximum Gasteiger partial charge on any atom is 0.328 e. The van der Waals surface area contributed by atoms with Gasteiger partial charge < -0.3 is 10.0 Å². The van der Waals surface area contributed by atoms with Crippen LogP contribution in [-0.4, -0.2) is 24.2 Å². The summed E-state index contributed by atoms with van der Waals surface area (Å²) in [5, 5.41) is 8.69. The van der Waals surface area contributed by atoms with Crippen molar-refractivity contribution in [2.75, 3.05) is 18.0 Å². The van der Waals surface area contributed by atoms with Crippen LogP contribution in [0.4, 0.5) is 5.69 Å². The molecule has 4 heteroatoms. The number of nitrogens with zero attached hydrogens (tertiary/aromatic N) is 1. The molecule has 1 aliphatic heterocycles. The molecular formula is C17H22BrNO2. The fourth-order valence-electron chi connectivity index (χ4n) is 2.71. The summed E-state index contributed by atoms with van der Waals surface area (Å²) < 4.78 is 0.928. The molecule has 1 heterocycles. The molecule has 1 atom stereocenters. The van der Waals surface area contributed by atoms with Crippen LogP contribution in [-0.2, 0) is 4.79 Å². The summed E-state index contributed by atoms with van der Waals surface area (Å²) in [5.74, 6) is -0.221. The first-order chi connectivity index (χ1) is 9.77. The standard InChI is InChI=1S/C17H22BrNO2/c1-17(2,3)13-8-9-19(11-13)14-6-4-12(15(18)10-14)5-7-16(20)21/h4-7,10,13H,8-9,11H2,1-3H3,(H,20,21)/b7-5+.